The second kappa shape index (κ2) is 14.8. The molecule has 0 amide bonds. The molecule has 62 heavy (non-hydrogen) atoms. The first-order valence-corrected chi connectivity index (χ1v) is 21.2. The topological polar surface area (TPSA) is 22.8 Å². The summed E-state index contributed by atoms with van der Waals surface area (Å²) < 4.78 is 4.78. The van der Waals surface area contributed by atoms with Crippen LogP contribution in [0.1, 0.15) is 0 Å². The fraction of sp³-hybridized carbons (Fsp3) is 0. The van der Waals surface area contributed by atoms with Crippen molar-refractivity contribution in [3.63, 3.8) is 0 Å². The van der Waals surface area contributed by atoms with E-state index in [0.717, 1.165) is 39.5 Å². The highest BCUT2D eigenvalue weighted by atomic mass is 15.0. The molecule has 0 bridgehead atoms. The van der Waals surface area contributed by atoms with Gasteiger partial charge in [-0.25, -0.2) is 4.98 Å². The number of aromatic nitrogens is 3. The molecular formula is C59H39N3. The fourth-order valence-corrected chi connectivity index (χ4v) is 9.31. The number of fused-ring (bicyclic) bond motifs is 6. The lowest BCUT2D eigenvalue weighted by Crippen LogP contribution is -1.95. The number of hydrogen-bond donors (Lipinski definition) is 0. The first kappa shape index (κ1) is 35.7. The second-order valence-electron chi connectivity index (χ2n) is 16.0. The molecule has 0 aliphatic rings. The molecule has 0 radical (unpaired) electrons. The van der Waals surface area contributed by atoms with Crippen molar-refractivity contribution in [1.29, 1.82) is 0 Å². The van der Waals surface area contributed by atoms with Gasteiger partial charge in [0, 0.05) is 44.0 Å². The van der Waals surface area contributed by atoms with E-state index in [4.69, 9.17) is 4.98 Å². The Bertz CT molecular complexity index is 3520. The molecule has 0 aliphatic carbocycles. The Morgan fingerprint density at radius 2 is 0.565 bits per heavy atom. The van der Waals surface area contributed by atoms with Gasteiger partial charge in [-0.2, -0.15) is 0 Å². The van der Waals surface area contributed by atoms with Crippen LogP contribution in [0.3, 0.4) is 0 Å². The molecule has 3 aromatic heterocycles. The molecule has 3 nitrogen and oxygen atoms in total. The third kappa shape index (κ3) is 6.10. The van der Waals surface area contributed by atoms with Crippen LogP contribution in [0.5, 0.6) is 0 Å². The average molecular weight is 790 g/mol. The predicted molar refractivity (Wildman–Crippen MR) is 260 cm³/mol. The second-order valence-corrected chi connectivity index (χ2v) is 16.0. The summed E-state index contributed by atoms with van der Waals surface area (Å²) in [4.78, 5) is 5.19. The lowest BCUT2D eigenvalue weighted by molar-refractivity contribution is 1.18. The molecule has 0 N–H and O–H groups in total. The number of hydrogen-bond acceptors (Lipinski definition) is 1. The molecule has 0 aliphatic heterocycles. The van der Waals surface area contributed by atoms with Gasteiger partial charge in [-0.05, 0) is 106 Å². The van der Waals surface area contributed by atoms with Crippen molar-refractivity contribution in [2.24, 2.45) is 0 Å². The highest BCUT2D eigenvalue weighted by molar-refractivity contribution is 6.12. The van der Waals surface area contributed by atoms with Crippen LogP contribution < -0.4 is 0 Å². The molecule has 0 spiro atoms. The fourth-order valence-electron chi connectivity index (χ4n) is 9.31. The minimum Gasteiger partial charge on any atom is -0.309 e. The molecule has 0 saturated carbocycles. The first-order chi connectivity index (χ1) is 30.7. The Balaban J connectivity index is 0.928. The summed E-state index contributed by atoms with van der Waals surface area (Å²) in [5.41, 5.74) is 18.3. The van der Waals surface area contributed by atoms with E-state index in [9.17, 15) is 0 Å². The normalized spacial score (nSPS) is 11.5. The molecule has 0 unspecified atom stereocenters. The highest BCUT2D eigenvalue weighted by Gasteiger charge is 2.17. The zero-order chi connectivity index (χ0) is 41.0. The van der Waals surface area contributed by atoms with E-state index in [2.05, 4.69) is 240 Å². The minimum absolute atomic E-state index is 0.949. The third-order valence-corrected chi connectivity index (χ3v) is 12.3. The molecule has 9 aromatic carbocycles. The molecule has 0 saturated heterocycles. The van der Waals surface area contributed by atoms with E-state index in [0.29, 0.717) is 0 Å². The maximum absolute atomic E-state index is 5.19. The number of rotatable bonds is 7. The minimum atomic E-state index is 0.949. The largest absolute Gasteiger partial charge is 0.309 e. The van der Waals surface area contributed by atoms with Crippen molar-refractivity contribution < 1.29 is 0 Å². The van der Waals surface area contributed by atoms with E-state index in [-0.39, 0.29) is 0 Å². The van der Waals surface area contributed by atoms with Crippen molar-refractivity contribution in [3.8, 4) is 67.3 Å². The molecular weight excluding hydrogens is 751 g/mol. The van der Waals surface area contributed by atoms with E-state index in [1.54, 1.807) is 0 Å². The zero-order valence-corrected chi connectivity index (χ0v) is 33.9. The van der Waals surface area contributed by atoms with Gasteiger partial charge in [-0.1, -0.05) is 164 Å². The summed E-state index contributed by atoms with van der Waals surface area (Å²) in [7, 11) is 0. The Morgan fingerprint density at radius 3 is 1.05 bits per heavy atom. The maximum Gasteiger partial charge on any atom is 0.0715 e. The molecule has 290 valence electrons. The Morgan fingerprint density at radius 1 is 0.226 bits per heavy atom. The first-order valence-electron chi connectivity index (χ1n) is 21.2. The molecule has 0 atom stereocenters. The van der Waals surface area contributed by atoms with Crippen LogP contribution in [0.15, 0.2) is 237 Å². The monoisotopic (exact) mass is 789 g/mol. The van der Waals surface area contributed by atoms with Gasteiger partial charge in [0.05, 0.1) is 33.5 Å². The van der Waals surface area contributed by atoms with Gasteiger partial charge < -0.3 is 9.13 Å². The maximum atomic E-state index is 5.19. The number of nitrogens with zero attached hydrogens (tertiary/aromatic N) is 3. The van der Waals surface area contributed by atoms with E-state index in [1.807, 2.05) is 6.07 Å². The average Bonchev–Trinajstić information content (AvgIpc) is 3.87. The summed E-state index contributed by atoms with van der Waals surface area (Å²) >= 11 is 0. The molecule has 12 aromatic rings. The number of benzene rings is 9. The van der Waals surface area contributed by atoms with Crippen LogP contribution in [0.2, 0.25) is 0 Å². The van der Waals surface area contributed by atoms with Crippen molar-refractivity contribution >= 4 is 43.6 Å². The van der Waals surface area contributed by atoms with E-state index >= 15 is 0 Å². The van der Waals surface area contributed by atoms with Gasteiger partial charge in [-0.15, -0.1) is 0 Å². The predicted octanol–water partition coefficient (Wildman–Crippen LogP) is 15.6. The number of pyridine rings is 1. The quantitative estimate of drug-likeness (QED) is 0.158. The van der Waals surface area contributed by atoms with Crippen LogP contribution in [0.4, 0.5) is 0 Å². The molecule has 3 heterocycles. The van der Waals surface area contributed by atoms with Crippen LogP contribution >= 0.6 is 0 Å². The van der Waals surface area contributed by atoms with Crippen LogP contribution in [-0.4, -0.2) is 14.1 Å². The van der Waals surface area contributed by atoms with Crippen LogP contribution in [-0.2, 0) is 0 Å². The van der Waals surface area contributed by atoms with Gasteiger partial charge >= 0.3 is 0 Å². The van der Waals surface area contributed by atoms with Gasteiger partial charge in [0.25, 0.3) is 0 Å². The van der Waals surface area contributed by atoms with Gasteiger partial charge in [-0.3, -0.25) is 0 Å². The zero-order valence-electron chi connectivity index (χ0n) is 33.9. The SMILES string of the molecule is c1ccc(-c2ccc(-n3c4ccccc4c4cc(-c5ccc6c(c5)c5ccccc5n6-c5ccc(-c6cc(-c7ccccc7)cc(-c7ccccc7)n6)cc5)ccc43)cc2)cc1. The van der Waals surface area contributed by atoms with Crippen LogP contribution in [0, 0.1) is 0 Å². The van der Waals surface area contributed by atoms with E-state index < -0.39 is 0 Å². The van der Waals surface area contributed by atoms with Crippen LogP contribution in [0.25, 0.3) is 111 Å². The summed E-state index contributed by atoms with van der Waals surface area (Å²) in [6, 6.07) is 85.2. The van der Waals surface area contributed by atoms with Gasteiger partial charge in [0.15, 0.2) is 0 Å². The highest BCUT2D eigenvalue weighted by Crippen LogP contribution is 2.39. The summed E-state index contributed by atoms with van der Waals surface area (Å²) in [6.45, 7) is 0. The van der Waals surface area contributed by atoms with Crippen molar-refractivity contribution in [2.75, 3.05) is 0 Å². The summed E-state index contributed by atoms with van der Waals surface area (Å²) in [6.07, 6.45) is 0. The van der Waals surface area contributed by atoms with Crippen molar-refractivity contribution in [1.82, 2.24) is 14.1 Å². The number of para-hydroxylation sites is 2. The Kier molecular flexibility index (Phi) is 8.50. The van der Waals surface area contributed by atoms with Gasteiger partial charge in [0.2, 0.25) is 0 Å². The standard InChI is InChI=1S/C59H39N3/c1-4-14-40(15-5-1)42-24-30-48(31-25-42)61-56-22-12-10-20-50(56)52-36-45(28-34-58(52)61)46-29-35-59-53(37-46)51-21-11-13-23-57(51)62(59)49-32-26-44(27-33-49)55-39-47(41-16-6-2-7-17-41)38-54(60-55)43-18-8-3-9-19-43/h1-39H. The van der Waals surface area contributed by atoms with Crippen molar-refractivity contribution in [2.45, 2.75) is 0 Å². The third-order valence-electron chi connectivity index (χ3n) is 12.3. The smallest absolute Gasteiger partial charge is 0.0715 e. The van der Waals surface area contributed by atoms with E-state index in [1.165, 1.54) is 71.4 Å². The summed E-state index contributed by atoms with van der Waals surface area (Å²) in [5, 5.41) is 4.95. The molecule has 0 fully saturated rings. The Hall–Kier alpha value is -8.27. The summed E-state index contributed by atoms with van der Waals surface area (Å²) in [5.74, 6) is 0. The lowest BCUT2D eigenvalue weighted by atomic mass is 10.00. The molecule has 3 heteroatoms. The molecule has 12 rings (SSSR count). The lowest BCUT2D eigenvalue weighted by Gasteiger charge is -2.12. The Labute approximate surface area is 360 Å². The van der Waals surface area contributed by atoms with Crippen molar-refractivity contribution in [3.05, 3.63) is 237 Å². The van der Waals surface area contributed by atoms with Gasteiger partial charge in [0.1, 0.15) is 0 Å².